The first kappa shape index (κ1) is 18.2. The minimum Gasteiger partial charge on any atom is -0.444 e. The molecule has 2 heterocycles. The fourth-order valence-corrected chi connectivity index (χ4v) is 2.95. The highest BCUT2D eigenvalue weighted by Gasteiger charge is 2.26. The number of hydrogen-bond donors (Lipinski definition) is 0. The number of hydrogen-bond acceptors (Lipinski definition) is 4. The lowest BCUT2D eigenvalue weighted by atomic mass is 9.99. The molecule has 0 unspecified atom stereocenters. The highest BCUT2D eigenvalue weighted by molar-refractivity contribution is 9.10. The van der Waals surface area contributed by atoms with Gasteiger partial charge in [-0.05, 0) is 67.1 Å². The SMILES string of the molecule is CC(C)(C)OC(=O)N(Cc1cncc(Br)c1)CC1CCOCC1. The molecule has 0 atom stereocenters. The number of nitrogens with zero attached hydrogens (tertiary/aromatic N) is 2. The van der Waals surface area contributed by atoms with Crippen LogP contribution in [0.2, 0.25) is 0 Å². The third-order valence-electron chi connectivity index (χ3n) is 3.61. The summed E-state index contributed by atoms with van der Waals surface area (Å²) < 4.78 is 11.9. The van der Waals surface area contributed by atoms with Crippen molar-refractivity contribution >= 4 is 22.0 Å². The molecule has 0 saturated carbocycles. The zero-order valence-corrected chi connectivity index (χ0v) is 15.6. The van der Waals surface area contributed by atoms with Gasteiger partial charge >= 0.3 is 6.09 Å². The molecule has 1 aromatic heterocycles. The Morgan fingerprint density at radius 1 is 1.39 bits per heavy atom. The maximum Gasteiger partial charge on any atom is 0.410 e. The first-order valence-corrected chi connectivity index (χ1v) is 8.78. The predicted octanol–water partition coefficient (Wildman–Crippen LogP) is 4.01. The smallest absolute Gasteiger partial charge is 0.410 e. The Morgan fingerprint density at radius 3 is 2.70 bits per heavy atom. The van der Waals surface area contributed by atoms with Crippen molar-refractivity contribution in [3.63, 3.8) is 0 Å². The molecule has 5 nitrogen and oxygen atoms in total. The summed E-state index contributed by atoms with van der Waals surface area (Å²) in [7, 11) is 0. The van der Waals surface area contributed by atoms with Crippen LogP contribution in [0.4, 0.5) is 4.79 Å². The molecule has 0 bridgehead atoms. The third kappa shape index (κ3) is 6.47. The van der Waals surface area contributed by atoms with Crippen LogP contribution in [0.1, 0.15) is 39.2 Å². The molecular formula is C17H25BrN2O3. The van der Waals surface area contributed by atoms with E-state index in [-0.39, 0.29) is 6.09 Å². The molecule has 1 fully saturated rings. The van der Waals surface area contributed by atoms with Crippen LogP contribution in [-0.4, -0.2) is 41.3 Å². The maximum absolute atomic E-state index is 12.6. The molecule has 0 aromatic carbocycles. The van der Waals surface area contributed by atoms with Gasteiger partial charge in [0.05, 0.1) is 6.54 Å². The average molecular weight is 385 g/mol. The Hall–Kier alpha value is -1.14. The normalized spacial score (nSPS) is 16.2. The van der Waals surface area contributed by atoms with Crippen molar-refractivity contribution < 1.29 is 14.3 Å². The molecule has 1 saturated heterocycles. The molecule has 23 heavy (non-hydrogen) atoms. The number of halogens is 1. The summed E-state index contributed by atoms with van der Waals surface area (Å²) in [6.45, 7) is 8.38. The second kappa shape index (κ2) is 8.11. The van der Waals surface area contributed by atoms with E-state index < -0.39 is 5.60 Å². The molecule has 1 amide bonds. The van der Waals surface area contributed by atoms with E-state index in [0.29, 0.717) is 19.0 Å². The van der Waals surface area contributed by atoms with Gasteiger partial charge in [0.25, 0.3) is 0 Å². The summed E-state index contributed by atoms with van der Waals surface area (Å²) in [4.78, 5) is 18.5. The number of carbonyl (C=O) groups excluding carboxylic acids is 1. The zero-order chi connectivity index (χ0) is 16.9. The Kier molecular flexibility index (Phi) is 6.41. The highest BCUT2D eigenvalue weighted by atomic mass is 79.9. The van der Waals surface area contributed by atoms with Crippen LogP contribution >= 0.6 is 15.9 Å². The number of ether oxygens (including phenoxy) is 2. The standard InChI is InChI=1S/C17H25BrN2O3/c1-17(2,3)23-16(21)20(11-13-4-6-22-7-5-13)12-14-8-15(18)10-19-9-14/h8-10,13H,4-7,11-12H2,1-3H3. The van der Waals surface area contributed by atoms with E-state index in [2.05, 4.69) is 20.9 Å². The molecule has 0 spiro atoms. The number of amides is 1. The van der Waals surface area contributed by atoms with E-state index in [9.17, 15) is 4.79 Å². The fourth-order valence-electron chi connectivity index (χ4n) is 2.53. The molecule has 1 aromatic rings. The number of pyridine rings is 1. The van der Waals surface area contributed by atoms with Gasteiger partial charge in [-0.3, -0.25) is 4.98 Å². The topological polar surface area (TPSA) is 51.7 Å². The summed E-state index contributed by atoms with van der Waals surface area (Å²) in [5, 5.41) is 0. The summed E-state index contributed by atoms with van der Waals surface area (Å²) >= 11 is 3.42. The Labute approximate surface area is 146 Å². The highest BCUT2D eigenvalue weighted by Crippen LogP contribution is 2.20. The second-order valence-electron chi connectivity index (χ2n) is 6.93. The monoisotopic (exact) mass is 384 g/mol. The maximum atomic E-state index is 12.6. The van der Waals surface area contributed by atoms with Gasteiger partial charge in [-0.1, -0.05) is 0 Å². The van der Waals surface area contributed by atoms with Crippen molar-refractivity contribution in [3.8, 4) is 0 Å². The Morgan fingerprint density at radius 2 is 2.09 bits per heavy atom. The fraction of sp³-hybridized carbons (Fsp3) is 0.647. The van der Waals surface area contributed by atoms with Crippen LogP contribution in [0.25, 0.3) is 0 Å². The van der Waals surface area contributed by atoms with Gasteiger partial charge < -0.3 is 14.4 Å². The molecule has 1 aliphatic rings. The van der Waals surface area contributed by atoms with Crippen molar-refractivity contribution in [3.05, 3.63) is 28.5 Å². The number of carbonyl (C=O) groups is 1. The predicted molar refractivity (Wildman–Crippen MR) is 92.1 cm³/mol. The lowest BCUT2D eigenvalue weighted by Crippen LogP contribution is -2.40. The van der Waals surface area contributed by atoms with Crippen LogP contribution in [0.15, 0.2) is 22.9 Å². The van der Waals surface area contributed by atoms with Crippen LogP contribution in [0, 0.1) is 5.92 Å². The summed E-state index contributed by atoms with van der Waals surface area (Å²) in [6.07, 6.45) is 5.21. The van der Waals surface area contributed by atoms with E-state index >= 15 is 0 Å². The van der Waals surface area contributed by atoms with E-state index in [1.54, 1.807) is 17.3 Å². The average Bonchev–Trinajstić information content (AvgIpc) is 2.46. The van der Waals surface area contributed by atoms with Gasteiger partial charge in [-0.15, -0.1) is 0 Å². The zero-order valence-electron chi connectivity index (χ0n) is 14.0. The second-order valence-corrected chi connectivity index (χ2v) is 7.84. The first-order valence-electron chi connectivity index (χ1n) is 7.98. The Bertz CT molecular complexity index is 525. The van der Waals surface area contributed by atoms with E-state index in [1.165, 1.54) is 0 Å². The lowest BCUT2D eigenvalue weighted by Gasteiger charge is -2.31. The van der Waals surface area contributed by atoms with Gasteiger partial charge in [0.15, 0.2) is 0 Å². The van der Waals surface area contributed by atoms with Crippen molar-refractivity contribution in [1.29, 1.82) is 0 Å². The van der Waals surface area contributed by atoms with Crippen LogP contribution in [0.3, 0.4) is 0 Å². The van der Waals surface area contributed by atoms with Gasteiger partial charge in [-0.2, -0.15) is 0 Å². The van der Waals surface area contributed by atoms with Crippen molar-refractivity contribution in [2.24, 2.45) is 5.92 Å². The van der Waals surface area contributed by atoms with Gasteiger partial charge in [0, 0.05) is 36.6 Å². The van der Waals surface area contributed by atoms with E-state index in [4.69, 9.17) is 9.47 Å². The van der Waals surface area contributed by atoms with Crippen LogP contribution < -0.4 is 0 Å². The molecule has 128 valence electrons. The molecular weight excluding hydrogens is 360 g/mol. The van der Waals surface area contributed by atoms with Crippen molar-refractivity contribution in [2.45, 2.75) is 45.8 Å². The molecule has 6 heteroatoms. The molecule has 0 N–H and O–H groups in total. The summed E-state index contributed by atoms with van der Waals surface area (Å²) in [6, 6.07) is 1.98. The summed E-state index contributed by atoms with van der Waals surface area (Å²) in [5.74, 6) is 0.455. The minimum atomic E-state index is -0.499. The molecule has 2 rings (SSSR count). The number of aromatic nitrogens is 1. The van der Waals surface area contributed by atoms with Gasteiger partial charge in [0.1, 0.15) is 5.60 Å². The van der Waals surface area contributed by atoms with Crippen molar-refractivity contribution in [1.82, 2.24) is 9.88 Å². The van der Waals surface area contributed by atoms with Crippen molar-refractivity contribution in [2.75, 3.05) is 19.8 Å². The molecule has 0 aliphatic carbocycles. The minimum absolute atomic E-state index is 0.274. The molecule has 1 aliphatic heterocycles. The van der Waals surface area contributed by atoms with E-state index in [1.807, 2.05) is 26.8 Å². The third-order valence-corrected chi connectivity index (χ3v) is 4.04. The van der Waals surface area contributed by atoms with Gasteiger partial charge in [-0.25, -0.2) is 4.79 Å². The Balaban J connectivity index is 2.07. The largest absolute Gasteiger partial charge is 0.444 e. The molecule has 0 radical (unpaired) electrons. The lowest BCUT2D eigenvalue weighted by molar-refractivity contribution is 0.0104. The van der Waals surface area contributed by atoms with Gasteiger partial charge in [0.2, 0.25) is 0 Å². The quantitative estimate of drug-likeness (QED) is 0.786. The summed E-state index contributed by atoms with van der Waals surface area (Å²) in [5.41, 5.74) is 0.484. The number of rotatable bonds is 4. The van der Waals surface area contributed by atoms with E-state index in [0.717, 1.165) is 36.1 Å². The first-order chi connectivity index (χ1) is 10.8. The van der Waals surface area contributed by atoms with Crippen LogP contribution in [-0.2, 0) is 16.0 Å². The van der Waals surface area contributed by atoms with Crippen LogP contribution in [0.5, 0.6) is 0 Å².